The van der Waals surface area contributed by atoms with E-state index in [1.54, 1.807) is 0 Å². The maximum atomic E-state index is 11.5. The lowest BCUT2D eigenvalue weighted by Crippen LogP contribution is -2.45. The summed E-state index contributed by atoms with van der Waals surface area (Å²) in [6.45, 7) is 6.35. The van der Waals surface area contributed by atoms with Crippen LogP contribution in [0.2, 0.25) is 0 Å². The molecule has 0 aromatic carbocycles. The van der Waals surface area contributed by atoms with Crippen molar-refractivity contribution in [1.29, 1.82) is 0 Å². The fourth-order valence-corrected chi connectivity index (χ4v) is 3.74. The van der Waals surface area contributed by atoms with Gasteiger partial charge in [-0.25, -0.2) is 16.8 Å². The van der Waals surface area contributed by atoms with Crippen LogP contribution >= 0.6 is 0 Å². The molecule has 0 unspecified atom stereocenters. The molecule has 0 atom stereocenters. The molecule has 25 heavy (non-hydrogen) atoms. The molecule has 1 heterocycles. The maximum Gasteiger partial charge on any atom is 0.512 e. The predicted octanol–water partition coefficient (Wildman–Crippen LogP) is 2.55. The summed E-state index contributed by atoms with van der Waals surface area (Å²) in [5.74, 6) is 0. The Bertz CT molecular complexity index is 553. The van der Waals surface area contributed by atoms with Crippen molar-refractivity contribution < 1.29 is 43.2 Å². The van der Waals surface area contributed by atoms with Gasteiger partial charge in [-0.15, -0.1) is 0 Å². The molecule has 1 fully saturated rings. The minimum Gasteiger partial charge on any atom is -0.303 e. The minimum absolute atomic E-state index is 0.493. The molecule has 152 valence electrons. The molecular formula is C11H20F6N2O4S2. The van der Waals surface area contributed by atoms with Crippen molar-refractivity contribution in [2.45, 2.75) is 50.0 Å². The van der Waals surface area contributed by atoms with Crippen LogP contribution in [0.4, 0.5) is 26.3 Å². The van der Waals surface area contributed by atoms with Crippen molar-refractivity contribution in [2.24, 2.45) is 0 Å². The first-order valence-corrected chi connectivity index (χ1v) is 10.2. The summed E-state index contributed by atoms with van der Waals surface area (Å²) in [5.41, 5.74) is -12.3. The number of nitrogens with zero attached hydrogens (tertiary/aromatic N) is 1. The van der Waals surface area contributed by atoms with Crippen molar-refractivity contribution >= 4 is 20.0 Å². The number of alkyl halides is 6. The summed E-state index contributed by atoms with van der Waals surface area (Å²) in [6.07, 6.45) is 7.05. The molecule has 1 rings (SSSR count). The monoisotopic (exact) mass is 422 g/mol. The van der Waals surface area contributed by atoms with Crippen LogP contribution in [0.5, 0.6) is 0 Å². The average Bonchev–Trinajstić information content (AvgIpc) is 2.89. The number of hydrogen-bond acceptors (Lipinski definition) is 5. The van der Waals surface area contributed by atoms with Gasteiger partial charge in [0.2, 0.25) is 0 Å². The van der Waals surface area contributed by atoms with Crippen molar-refractivity contribution in [3.05, 3.63) is 0 Å². The van der Waals surface area contributed by atoms with Crippen molar-refractivity contribution in [3.63, 3.8) is 0 Å². The fourth-order valence-electron chi connectivity index (χ4n) is 1.83. The van der Waals surface area contributed by atoms with Gasteiger partial charge in [-0.3, -0.25) is 0 Å². The summed E-state index contributed by atoms with van der Waals surface area (Å²) >= 11 is 0. The third-order valence-electron chi connectivity index (χ3n) is 3.11. The molecule has 0 bridgehead atoms. The van der Waals surface area contributed by atoms with Crippen molar-refractivity contribution in [3.8, 4) is 0 Å². The number of rotatable bonds is 6. The van der Waals surface area contributed by atoms with E-state index in [4.69, 9.17) is 0 Å². The Kier molecular flexibility index (Phi) is 9.14. The first-order valence-electron chi connectivity index (χ1n) is 7.27. The summed E-state index contributed by atoms with van der Waals surface area (Å²) < 4.78 is 108. The van der Waals surface area contributed by atoms with Gasteiger partial charge in [0.15, 0.2) is 0 Å². The van der Waals surface area contributed by atoms with Crippen LogP contribution in [-0.4, -0.2) is 52.4 Å². The highest BCUT2D eigenvalue weighted by molar-refractivity contribution is 8.05. The first-order chi connectivity index (χ1) is 11.1. The quantitative estimate of drug-likeness (QED) is 0.526. The molecule has 0 aromatic rings. The minimum atomic E-state index is -6.60. The molecule has 1 aliphatic rings. The Labute approximate surface area is 142 Å². The molecule has 0 spiro atoms. The van der Waals surface area contributed by atoms with Crippen LogP contribution in [0.15, 0.2) is 0 Å². The van der Waals surface area contributed by atoms with Gasteiger partial charge in [0.1, 0.15) is 0 Å². The molecule has 0 amide bonds. The van der Waals surface area contributed by atoms with Gasteiger partial charge in [0, 0.05) is 0 Å². The van der Waals surface area contributed by atoms with E-state index in [2.05, 4.69) is 11.8 Å². The van der Waals surface area contributed by atoms with Crippen LogP contribution in [0.3, 0.4) is 0 Å². The number of unbranched alkanes of at least 4 members (excludes halogenated alkanes) is 2. The summed E-state index contributed by atoms with van der Waals surface area (Å²) in [6, 6.07) is 0. The van der Waals surface area contributed by atoms with Crippen molar-refractivity contribution in [1.82, 2.24) is 9.03 Å². The number of hydrogen-bond donors (Lipinski definition) is 1. The van der Waals surface area contributed by atoms with Crippen LogP contribution < -0.4 is 4.13 Å². The lowest BCUT2D eigenvalue weighted by Gasteiger charge is -2.12. The van der Waals surface area contributed by atoms with E-state index in [1.165, 1.54) is 51.7 Å². The van der Waals surface area contributed by atoms with Gasteiger partial charge in [0.25, 0.3) is 0 Å². The normalized spacial score (nSPS) is 17.2. The number of likely N-dealkylation sites (tertiary alicyclic amines) is 1. The topological polar surface area (TPSA) is 83.6 Å². The van der Waals surface area contributed by atoms with E-state index in [0.717, 1.165) is 0 Å². The number of nitrogens with one attached hydrogen (secondary N) is 1. The summed E-state index contributed by atoms with van der Waals surface area (Å²) in [5, 5.41) is 0. The van der Waals surface area contributed by atoms with Crippen LogP contribution in [0, 0.1) is 0 Å². The Balaban J connectivity index is 0.000000496. The predicted molar refractivity (Wildman–Crippen MR) is 78.3 cm³/mol. The Morgan fingerprint density at radius 1 is 0.840 bits per heavy atom. The van der Waals surface area contributed by atoms with E-state index in [9.17, 15) is 43.2 Å². The second-order valence-corrected chi connectivity index (χ2v) is 8.84. The highest BCUT2D eigenvalue weighted by atomic mass is 32.3. The van der Waals surface area contributed by atoms with E-state index < -0.39 is 35.2 Å². The van der Waals surface area contributed by atoms with Gasteiger partial charge in [0.05, 0.1) is 0 Å². The van der Waals surface area contributed by atoms with Gasteiger partial charge in [-0.2, -0.15) is 26.3 Å². The van der Waals surface area contributed by atoms with Gasteiger partial charge in [-0.1, -0.05) is 23.9 Å². The molecule has 0 radical (unpaired) electrons. The van der Waals surface area contributed by atoms with Crippen LogP contribution in [0.25, 0.3) is 0 Å². The number of halogens is 6. The Morgan fingerprint density at radius 2 is 1.24 bits per heavy atom. The zero-order valence-electron chi connectivity index (χ0n) is 13.3. The third-order valence-corrected chi connectivity index (χ3v) is 6.08. The Morgan fingerprint density at radius 3 is 1.56 bits per heavy atom. The van der Waals surface area contributed by atoms with Crippen LogP contribution in [-0.2, 0) is 20.0 Å². The van der Waals surface area contributed by atoms with E-state index in [-0.39, 0.29) is 0 Å². The summed E-state index contributed by atoms with van der Waals surface area (Å²) in [4.78, 5) is 2.59. The van der Waals surface area contributed by atoms with Gasteiger partial charge < -0.3 is 4.90 Å². The molecule has 1 aliphatic heterocycles. The molecule has 14 heteroatoms. The van der Waals surface area contributed by atoms with E-state index in [0.29, 0.717) is 0 Å². The zero-order chi connectivity index (χ0) is 19.9. The lowest BCUT2D eigenvalue weighted by atomic mass is 10.2. The van der Waals surface area contributed by atoms with Crippen molar-refractivity contribution in [2.75, 3.05) is 19.6 Å². The SMILES string of the molecule is CCCCCN1CCCC1.O=S(=O)(NS(=O)(=O)C(F)(F)F)C(F)(F)F. The highest BCUT2D eigenvalue weighted by Crippen LogP contribution is 2.27. The van der Waals surface area contributed by atoms with E-state index >= 15 is 0 Å². The average molecular weight is 422 g/mol. The summed E-state index contributed by atoms with van der Waals surface area (Å²) in [7, 11) is -13.2. The lowest BCUT2D eigenvalue weighted by molar-refractivity contribution is -0.0476. The molecule has 6 nitrogen and oxygen atoms in total. The molecule has 0 aliphatic carbocycles. The smallest absolute Gasteiger partial charge is 0.303 e. The van der Waals surface area contributed by atoms with Gasteiger partial charge >= 0.3 is 31.1 Å². The zero-order valence-corrected chi connectivity index (χ0v) is 15.0. The first kappa shape index (κ1) is 24.4. The Hall–Kier alpha value is -0.600. The standard InChI is InChI=1S/C9H19N.C2HF6NO4S2/c1-2-3-4-7-10-8-5-6-9-10;3-1(4,5)14(10,11)9-15(12,13)2(6,7)8/h2-9H2,1H3;9H. The maximum absolute atomic E-state index is 11.5. The second-order valence-electron chi connectivity index (χ2n) is 5.24. The third kappa shape index (κ3) is 8.55. The largest absolute Gasteiger partial charge is 0.512 e. The number of sulfonamides is 2. The molecule has 0 aromatic heterocycles. The van der Waals surface area contributed by atoms with E-state index in [1.807, 2.05) is 0 Å². The molecular weight excluding hydrogens is 402 g/mol. The fraction of sp³-hybridized carbons (Fsp3) is 1.00. The highest BCUT2D eigenvalue weighted by Gasteiger charge is 2.55. The second kappa shape index (κ2) is 9.37. The molecule has 0 saturated carbocycles. The molecule has 1 saturated heterocycles. The molecule has 1 N–H and O–H groups in total. The van der Waals surface area contributed by atoms with Gasteiger partial charge in [-0.05, 0) is 38.9 Å². The van der Waals surface area contributed by atoms with Crippen LogP contribution in [0.1, 0.15) is 39.0 Å².